The first kappa shape index (κ1) is 9.90. The summed E-state index contributed by atoms with van der Waals surface area (Å²) in [6, 6.07) is 0.00774. The van der Waals surface area contributed by atoms with Crippen LogP contribution in [-0.2, 0) is 4.79 Å². The van der Waals surface area contributed by atoms with Gasteiger partial charge in [-0.15, -0.1) is 0 Å². The van der Waals surface area contributed by atoms with E-state index in [-0.39, 0.29) is 24.5 Å². The molecular formula is C10H17FN2O. The number of nitrogens with zero attached hydrogens (tertiary/aromatic N) is 1. The van der Waals surface area contributed by atoms with Crippen molar-refractivity contribution in [2.75, 3.05) is 26.3 Å². The molecule has 1 amide bonds. The average molecular weight is 200 g/mol. The van der Waals surface area contributed by atoms with E-state index in [1.807, 2.05) is 4.90 Å². The molecule has 14 heavy (non-hydrogen) atoms. The molecule has 0 spiro atoms. The molecule has 2 atom stereocenters. The van der Waals surface area contributed by atoms with Gasteiger partial charge in [0.25, 0.3) is 0 Å². The summed E-state index contributed by atoms with van der Waals surface area (Å²) in [5, 5.41) is 3.18. The Kier molecular flexibility index (Phi) is 3.01. The van der Waals surface area contributed by atoms with E-state index < -0.39 is 0 Å². The van der Waals surface area contributed by atoms with Crippen molar-refractivity contribution in [3.63, 3.8) is 0 Å². The lowest BCUT2D eigenvalue weighted by molar-refractivity contribution is -0.132. The number of carbonyl (C=O) groups excluding carboxylic acids is 1. The molecule has 0 bridgehead atoms. The van der Waals surface area contributed by atoms with E-state index in [0.29, 0.717) is 6.54 Å². The first-order valence-corrected chi connectivity index (χ1v) is 5.39. The normalized spacial score (nSPS) is 32.5. The fraction of sp³-hybridized carbons (Fsp3) is 0.900. The standard InChI is InChI=1S/C10H17FN2O/c11-6-8-3-5-13(7-8)10(14)9-2-1-4-12-9/h8-9,12H,1-7H2/t8?,9-/m0/s1. The molecule has 80 valence electrons. The lowest BCUT2D eigenvalue weighted by Gasteiger charge is -2.20. The van der Waals surface area contributed by atoms with E-state index >= 15 is 0 Å². The Balaban J connectivity index is 1.86. The summed E-state index contributed by atoms with van der Waals surface area (Å²) in [6.07, 6.45) is 2.85. The van der Waals surface area contributed by atoms with Crippen LogP contribution in [0.2, 0.25) is 0 Å². The Morgan fingerprint density at radius 1 is 1.50 bits per heavy atom. The van der Waals surface area contributed by atoms with Gasteiger partial charge in [0.1, 0.15) is 0 Å². The summed E-state index contributed by atoms with van der Waals surface area (Å²) in [6.45, 7) is 2.01. The smallest absolute Gasteiger partial charge is 0.239 e. The van der Waals surface area contributed by atoms with Gasteiger partial charge in [0.15, 0.2) is 0 Å². The molecule has 1 N–H and O–H groups in total. The summed E-state index contributed by atoms with van der Waals surface area (Å²) < 4.78 is 12.4. The van der Waals surface area contributed by atoms with Crippen LogP contribution in [-0.4, -0.2) is 43.2 Å². The highest BCUT2D eigenvalue weighted by molar-refractivity contribution is 5.82. The van der Waals surface area contributed by atoms with Crippen LogP contribution >= 0.6 is 0 Å². The minimum Gasteiger partial charge on any atom is -0.341 e. The number of alkyl halides is 1. The molecule has 2 fully saturated rings. The van der Waals surface area contributed by atoms with Crippen LogP contribution in [0, 0.1) is 5.92 Å². The van der Waals surface area contributed by atoms with Gasteiger partial charge in [0.05, 0.1) is 12.7 Å². The molecule has 0 aromatic heterocycles. The molecule has 2 aliphatic rings. The Labute approximate surface area is 83.6 Å². The largest absolute Gasteiger partial charge is 0.341 e. The molecule has 1 unspecified atom stereocenters. The summed E-state index contributed by atoms with van der Waals surface area (Å²) >= 11 is 0. The van der Waals surface area contributed by atoms with Crippen LogP contribution in [0.1, 0.15) is 19.3 Å². The Morgan fingerprint density at radius 2 is 2.36 bits per heavy atom. The minimum atomic E-state index is -0.290. The lowest BCUT2D eigenvalue weighted by Crippen LogP contribution is -2.42. The number of hydrogen-bond acceptors (Lipinski definition) is 2. The van der Waals surface area contributed by atoms with Crippen LogP contribution in [0.25, 0.3) is 0 Å². The fourth-order valence-corrected chi connectivity index (χ4v) is 2.27. The molecule has 0 saturated carbocycles. The number of carbonyl (C=O) groups is 1. The average Bonchev–Trinajstić information content (AvgIpc) is 2.88. The maximum absolute atomic E-state index is 12.4. The molecule has 2 rings (SSSR count). The Hall–Kier alpha value is -0.640. The summed E-state index contributed by atoms with van der Waals surface area (Å²) in [5.41, 5.74) is 0. The van der Waals surface area contributed by atoms with Gasteiger partial charge < -0.3 is 10.2 Å². The molecule has 2 aliphatic heterocycles. The molecule has 0 radical (unpaired) electrons. The minimum absolute atomic E-state index is 0.00774. The maximum atomic E-state index is 12.4. The van der Waals surface area contributed by atoms with E-state index in [1.54, 1.807) is 0 Å². The van der Waals surface area contributed by atoms with Gasteiger partial charge in [0, 0.05) is 19.0 Å². The van der Waals surface area contributed by atoms with Crippen molar-refractivity contribution < 1.29 is 9.18 Å². The molecule has 0 aliphatic carbocycles. The van der Waals surface area contributed by atoms with Crippen molar-refractivity contribution in [2.45, 2.75) is 25.3 Å². The number of halogens is 1. The Morgan fingerprint density at radius 3 is 2.93 bits per heavy atom. The summed E-state index contributed by atoms with van der Waals surface area (Å²) in [5.74, 6) is 0.263. The third kappa shape index (κ3) is 1.90. The number of nitrogens with one attached hydrogen (secondary N) is 1. The van der Waals surface area contributed by atoms with Crippen LogP contribution in [0.4, 0.5) is 4.39 Å². The zero-order chi connectivity index (χ0) is 9.97. The molecular weight excluding hydrogens is 183 g/mol. The second-order valence-corrected chi connectivity index (χ2v) is 4.24. The molecule has 0 aromatic rings. The van der Waals surface area contributed by atoms with Crippen molar-refractivity contribution >= 4 is 5.91 Å². The molecule has 2 heterocycles. The zero-order valence-corrected chi connectivity index (χ0v) is 8.34. The second kappa shape index (κ2) is 4.26. The van der Waals surface area contributed by atoms with Crippen molar-refractivity contribution in [1.82, 2.24) is 10.2 Å². The van der Waals surface area contributed by atoms with Gasteiger partial charge in [-0.1, -0.05) is 0 Å². The topological polar surface area (TPSA) is 32.3 Å². The van der Waals surface area contributed by atoms with Gasteiger partial charge in [-0.3, -0.25) is 9.18 Å². The van der Waals surface area contributed by atoms with Crippen molar-refractivity contribution in [3.05, 3.63) is 0 Å². The van der Waals surface area contributed by atoms with E-state index in [1.165, 1.54) is 0 Å². The number of likely N-dealkylation sites (tertiary alicyclic amines) is 1. The molecule has 3 nitrogen and oxygen atoms in total. The first-order valence-electron chi connectivity index (χ1n) is 5.39. The predicted octanol–water partition coefficient (Wildman–Crippen LogP) is 0.556. The number of rotatable bonds is 2. The van der Waals surface area contributed by atoms with Gasteiger partial charge in [-0.25, -0.2) is 0 Å². The number of hydrogen-bond donors (Lipinski definition) is 1. The van der Waals surface area contributed by atoms with Gasteiger partial charge in [-0.2, -0.15) is 0 Å². The van der Waals surface area contributed by atoms with Crippen molar-refractivity contribution in [2.24, 2.45) is 5.92 Å². The van der Waals surface area contributed by atoms with Crippen LogP contribution in [0.5, 0.6) is 0 Å². The monoisotopic (exact) mass is 200 g/mol. The van der Waals surface area contributed by atoms with Crippen LogP contribution in [0.3, 0.4) is 0 Å². The first-order chi connectivity index (χ1) is 6.81. The van der Waals surface area contributed by atoms with E-state index in [4.69, 9.17) is 0 Å². The van der Waals surface area contributed by atoms with Crippen LogP contribution < -0.4 is 5.32 Å². The van der Waals surface area contributed by atoms with Gasteiger partial charge >= 0.3 is 0 Å². The molecule has 4 heteroatoms. The highest BCUT2D eigenvalue weighted by Gasteiger charge is 2.31. The van der Waals surface area contributed by atoms with E-state index in [0.717, 1.165) is 32.4 Å². The third-order valence-corrected chi connectivity index (χ3v) is 3.17. The quantitative estimate of drug-likeness (QED) is 0.706. The third-order valence-electron chi connectivity index (χ3n) is 3.17. The van der Waals surface area contributed by atoms with Gasteiger partial charge in [-0.05, 0) is 25.8 Å². The second-order valence-electron chi connectivity index (χ2n) is 4.24. The highest BCUT2D eigenvalue weighted by atomic mass is 19.1. The zero-order valence-electron chi connectivity index (χ0n) is 8.34. The molecule has 0 aromatic carbocycles. The summed E-state index contributed by atoms with van der Waals surface area (Å²) in [4.78, 5) is 13.7. The summed E-state index contributed by atoms with van der Waals surface area (Å²) in [7, 11) is 0. The SMILES string of the molecule is O=C([C@@H]1CCCN1)N1CCC(CF)C1. The van der Waals surface area contributed by atoms with Crippen molar-refractivity contribution in [3.8, 4) is 0 Å². The van der Waals surface area contributed by atoms with Crippen LogP contribution in [0.15, 0.2) is 0 Å². The predicted molar refractivity (Wildman–Crippen MR) is 51.7 cm³/mol. The fourth-order valence-electron chi connectivity index (χ4n) is 2.27. The molecule has 2 saturated heterocycles. The maximum Gasteiger partial charge on any atom is 0.239 e. The van der Waals surface area contributed by atoms with E-state index in [2.05, 4.69) is 5.32 Å². The highest BCUT2D eigenvalue weighted by Crippen LogP contribution is 2.19. The Bertz CT molecular complexity index is 216. The van der Waals surface area contributed by atoms with Crippen molar-refractivity contribution in [1.29, 1.82) is 0 Å². The lowest BCUT2D eigenvalue weighted by atomic mass is 10.1. The van der Waals surface area contributed by atoms with E-state index in [9.17, 15) is 9.18 Å². The number of amides is 1. The van der Waals surface area contributed by atoms with Gasteiger partial charge in [0.2, 0.25) is 5.91 Å².